The van der Waals surface area contributed by atoms with Crippen LogP contribution >= 0.6 is 0 Å². The summed E-state index contributed by atoms with van der Waals surface area (Å²) in [6.07, 6.45) is -0.335. The maximum absolute atomic E-state index is 11.8. The van der Waals surface area contributed by atoms with Crippen molar-refractivity contribution in [3.63, 3.8) is 0 Å². The second-order valence-corrected chi connectivity index (χ2v) is 4.40. The average Bonchev–Trinajstić information content (AvgIpc) is 2.37. The zero-order valence-corrected chi connectivity index (χ0v) is 11.4. The first-order valence-corrected chi connectivity index (χ1v) is 6.07. The molecule has 0 aliphatic heterocycles. The van der Waals surface area contributed by atoms with Gasteiger partial charge in [0.2, 0.25) is 5.91 Å². The fourth-order valence-corrected chi connectivity index (χ4v) is 1.70. The van der Waals surface area contributed by atoms with Crippen LogP contribution < -0.4 is 5.32 Å². The number of nitrogens with one attached hydrogen (secondary N) is 1. The van der Waals surface area contributed by atoms with Crippen LogP contribution in [0.1, 0.15) is 17.5 Å². The lowest BCUT2D eigenvalue weighted by Gasteiger charge is -2.13. The molecule has 0 spiro atoms. The number of ether oxygens (including phenoxy) is 1. The van der Waals surface area contributed by atoms with Crippen molar-refractivity contribution in [1.29, 1.82) is 0 Å². The molecule has 0 fully saturated rings. The van der Waals surface area contributed by atoms with Gasteiger partial charge in [0.25, 0.3) is 0 Å². The lowest BCUT2D eigenvalue weighted by Crippen LogP contribution is -2.43. The van der Waals surface area contributed by atoms with Gasteiger partial charge in [-0.15, -0.1) is 0 Å². The summed E-state index contributed by atoms with van der Waals surface area (Å²) in [5.41, 5.74) is 1.80. The van der Waals surface area contributed by atoms with Crippen molar-refractivity contribution in [2.45, 2.75) is 25.8 Å². The summed E-state index contributed by atoms with van der Waals surface area (Å²) in [4.78, 5) is 33.8. The molecule has 0 saturated heterocycles. The molecule has 0 aliphatic carbocycles. The van der Waals surface area contributed by atoms with E-state index in [2.05, 4.69) is 10.1 Å². The van der Waals surface area contributed by atoms with E-state index in [0.29, 0.717) is 0 Å². The Morgan fingerprint density at radius 1 is 1.35 bits per heavy atom. The highest BCUT2D eigenvalue weighted by atomic mass is 16.5. The van der Waals surface area contributed by atoms with E-state index in [1.54, 1.807) is 6.07 Å². The Labute approximate surface area is 116 Å². The van der Waals surface area contributed by atoms with Gasteiger partial charge in [0.1, 0.15) is 6.04 Å². The van der Waals surface area contributed by atoms with Crippen LogP contribution in [0.2, 0.25) is 0 Å². The molecule has 20 heavy (non-hydrogen) atoms. The Kier molecular flexibility index (Phi) is 5.71. The predicted molar refractivity (Wildman–Crippen MR) is 71.1 cm³/mol. The van der Waals surface area contributed by atoms with E-state index in [9.17, 15) is 14.4 Å². The molecule has 0 saturated carbocycles. The SMILES string of the molecule is COC(=O)C[C@H](NC(=O)Cc1cccc(C)c1)C(=O)O. The van der Waals surface area contributed by atoms with Crippen LogP contribution in [0.3, 0.4) is 0 Å². The topological polar surface area (TPSA) is 92.7 Å². The number of benzene rings is 1. The highest BCUT2D eigenvalue weighted by Crippen LogP contribution is 2.05. The summed E-state index contributed by atoms with van der Waals surface area (Å²) in [6, 6.07) is 6.07. The summed E-state index contributed by atoms with van der Waals surface area (Å²) in [7, 11) is 1.16. The molecular weight excluding hydrogens is 262 g/mol. The number of carbonyl (C=O) groups excluding carboxylic acids is 2. The number of hydrogen-bond acceptors (Lipinski definition) is 4. The van der Waals surface area contributed by atoms with E-state index in [0.717, 1.165) is 18.2 Å². The molecule has 0 aliphatic rings. The first-order valence-electron chi connectivity index (χ1n) is 6.07. The molecule has 1 aromatic carbocycles. The fraction of sp³-hybridized carbons (Fsp3) is 0.357. The zero-order chi connectivity index (χ0) is 15.1. The molecule has 1 rings (SSSR count). The number of carbonyl (C=O) groups is 3. The molecule has 0 heterocycles. The van der Waals surface area contributed by atoms with Crippen LogP contribution in [-0.4, -0.2) is 36.1 Å². The number of carboxylic acids is 1. The van der Waals surface area contributed by atoms with E-state index in [-0.39, 0.29) is 6.42 Å². The first kappa shape index (κ1) is 15.7. The number of amides is 1. The molecule has 108 valence electrons. The molecule has 6 nitrogen and oxygen atoms in total. The summed E-state index contributed by atoms with van der Waals surface area (Å²) < 4.78 is 4.39. The third-order valence-corrected chi connectivity index (χ3v) is 2.68. The van der Waals surface area contributed by atoms with Crippen molar-refractivity contribution in [3.05, 3.63) is 35.4 Å². The Balaban J connectivity index is 2.62. The summed E-state index contributed by atoms with van der Waals surface area (Å²) in [5.74, 6) is -2.41. The number of esters is 1. The predicted octanol–water partition coefficient (Wildman–Crippen LogP) is 0.670. The molecule has 1 amide bonds. The standard InChI is InChI=1S/C14H17NO5/c1-9-4-3-5-10(6-9)7-12(16)15-11(14(18)19)8-13(17)20-2/h3-6,11H,7-8H2,1-2H3,(H,15,16)(H,18,19)/t11-/m0/s1. The van der Waals surface area contributed by atoms with Gasteiger partial charge >= 0.3 is 11.9 Å². The second-order valence-electron chi connectivity index (χ2n) is 4.40. The van der Waals surface area contributed by atoms with E-state index in [4.69, 9.17) is 5.11 Å². The Bertz CT molecular complexity index is 512. The van der Waals surface area contributed by atoms with E-state index in [1.807, 2.05) is 25.1 Å². The summed E-state index contributed by atoms with van der Waals surface area (Å²) >= 11 is 0. The van der Waals surface area contributed by atoms with Crippen molar-refractivity contribution >= 4 is 17.8 Å². The number of aliphatic carboxylic acids is 1. The largest absolute Gasteiger partial charge is 0.480 e. The van der Waals surface area contributed by atoms with Gasteiger partial charge in [0.05, 0.1) is 20.0 Å². The number of rotatable bonds is 6. The Morgan fingerprint density at radius 2 is 2.05 bits per heavy atom. The number of carboxylic acid groups (broad SMARTS) is 1. The molecule has 1 aromatic rings. The van der Waals surface area contributed by atoms with Crippen molar-refractivity contribution < 1.29 is 24.2 Å². The molecule has 0 unspecified atom stereocenters. The van der Waals surface area contributed by atoms with Crippen LogP contribution in [0.15, 0.2) is 24.3 Å². The van der Waals surface area contributed by atoms with Gasteiger partial charge in [-0.25, -0.2) is 4.79 Å². The van der Waals surface area contributed by atoms with E-state index in [1.165, 1.54) is 0 Å². The summed E-state index contributed by atoms with van der Waals surface area (Å²) in [6.45, 7) is 1.90. The van der Waals surface area contributed by atoms with Gasteiger partial charge in [-0.3, -0.25) is 9.59 Å². The monoisotopic (exact) mass is 279 g/mol. The number of hydrogen-bond donors (Lipinski definition) is 2. The zero-order valence-electron chi connectivity index (χ0n) is 11.4. The van der Waals surface area contributed by atoms with Gasteiger partial charge < -0.3 is 15.2 Å². The molecule has 2 N–H and O–H groups in total. The number of methoxy groups -OCH3 is 1. The maximum Gasteiger partial charge on any atom is 0.326 e. The molecule has 0 aromatic heterocycles. The highest BCUT2D eigenvalue weighted by Gasteiger charge is 2.23. The molecular formula is C14H17NO5. The average molecular weight is 279 g/mol. The van der Waals surface area contributed by atoms with Crippen molar-refractivity contribution in [2.75, 3.05) is 7.11 Å². The van der Waals surface area contributed by atoms with Gasteiger partial charge in [-0.05, 0) is 12.5 Å². The normalized spacial score (nSPS) is 11.5. The van der Waals surface area contributed by atoms with Gasteiger partial charge in [-0.2, -0.15) is 0 Å². The quantitative estimate of drug-likeness (QED) is 0.747. The Morgan fingerprint density at radius 3 is 2.60 bits per heavy atom. The minimum Gasteiger partial charge on any atom is -0.480 e. The molecule has 0 radical (unpaired) electrons. The molecule has 6 heteroatoms. The minimum atomic E-state index is -1.28. The lowest BCUT2D eigenvalue weighted by atomic mass is 10.1. The van der Waals surface area contributed by atoms with Crippen LogP contribution in [0.5, 0.6) is 0 Å². The smallest absolute Gasteiger partial charge is 0.326 e. The summed E-state index contributed by atoms with van der Waals surface area (Å²) in [5, 5.41) is 11.3. The minimum absolute atomic E-state index is 0.0621. The van der Waals surface area contributed by atoms with Gasteiger partial charge in [0, 0.05) is 0 Å². The third kappa shape index (κ3) is 5.09. The highest BCUT2D eigenvalue weighted by molar-refractivity contribution is 5.87. The Hall–Kier alpha value is -2.37. The third-order valence-electron chi connectivity index (χ3n) is 2.68. The second kappa shape index (κ2) is 7.28. The van der Waals surface area contributed by atoms with Gasteiger partial charge in [-0.1, -0.05) is 29.8 Å². The molecule has 1 atom stereocenters. The van der Waals surface area contributed by atoms with Crippen molar-refractivity contribution in [2.24, 2.45) is 0 Å². The van der Waals surface area contributed by atoms with Crippen LogP contribution in [-0.2, 0) is 25.5 Å². The lowest BCUT2D eigenvalue weighted by molar-refractivity contribution is -0.148. The van der Waals surface area contributed by atoms with Crippen LogP contribution in [0.4, 0.5) is 0 Å². The van der Waals surface area contributed by atoms with Crippen molar-refractivity contribution in [1.82, 2.24) is 5.32 Å². The van der Waals surface area contributed by atoms with E-state index < -0.39 is 30.3 Å². The fourth-order valence-electron chi connectivity index (χ4n) is 1.70. The van der Waals surface area contributed by atoms with Crippen LogP contribution in [0, 0.1) is 6.92 Å². The van der Waals surface area contributed by atoms with Crippen LogP contribution in [0.25, 0.3) is 0 Å². The first-order chi connectivity index (χ1) is 9.42. The van der Waals surface area contributed by atoms with E-state index >= 15 is 0 Å². The number of aryl methyl sites for hydroxylation is 1. The van der Waals surface area contributed by atoms with Gasteiger partial charge in [0.15, 0.2) is 0 Å². The molecule has 0 bridgehead atoms. The maximum atomic E-state index is 11.8. The van der Waals surface area contributed by atoms with Crippen molar-refractivity contribution in [3.8, 4) is 0 Å².